The van der Waals surface area contributed by atoms with Gasteiger partial charge in [0, 0.05) is 44.3 Å². The Bertz CT molecular complexity index is 933. The Balaban J connectivity index is 1.22. The predicted octanol–water partition coefficient (Wildman–Crippen LogP) is 2.46. The van der Waals surface area contributed by atoms with E-state index in [4.69, 9.17) is 16.3 Å². The zero-order valence-corrected chi connectivity index (χ0v) is 20.2. The summed E-state index contributed by atoms with van der Waals surface area (Å²) < 4.78 is 5.59. The highest BCUT2D eigenvalue weighted by Gasteiger charge is 2.26. The number of nitrogens with zero attached hydrogens (tertiary/aromatic N) is 2. The van der Waals surface area contributed by atoms with Crippen LogP contribution in [-0.4, -0.2) is 80.1 Å². The minimum atomic E-state index is -0.434. The molecule has 2 aromatic rings. The van der Waals surface area contributed by atoms with E-state index >= 15 is 0 Å². The zero-order valence-electron chi connectivity index (χ0n) is 19.4. The van der Waals surface area contributed by atoms with Crippen LogP contribution < -0.4 is 10.6 Å². The van der Waals surface area contributed by atoms with Crippen LogP contribution in [0.2, 0.25) is 5.02 Å². The molecule has 2 amide bonds. The lowest BCUT2D eigenvalue weighted by Crippen LogP contribution is -2.51. The van der Waals surface area contributed by atoms with Gasteiger partial charge in [0.2, 0.25) is 11.8 Å². The van der Waals surface area contributed by atoms with Gasteiger partial charge in [0.25, 0.3) is 0 Å². The molecule has 2 aliphatic rings. The molecule has 0 aromatic heterocycles. The number of carbonyl (C=O) groups excluding carboxylic acids is 2. The minimum absolute atomic E-state index is 0.0175. The summed E-state index contributed by atoms with van der Waals surface area (Å²) in [4.78, 5) is 28.7. The molecule has 2 heterocycles. The standard InChI is InChI=1S/C26H33ClN4O3/c27-22-10-8-21(9-11-22)25(20-5-2-1-3-6-20)31-15-13-30(14-16-31)17-18-34-19-24(32)29-23-7-4-12-28-26(23)33/h1-3,5-6,8-11,23,25H,4,7,12-19H2,(H,28,33)(H,29,32). The lowest BCUT2D eigenvalue weighted by Gasteiger charge is -2.39. The predicted molar refractivity (Wildman–Crippen MR) is 133 cm³/mol. The molecule has 0 saturated carbocycles. The Labute approximate surface area is 206 Å². The van der Waals surface area contributed by atoms with Gasteiger partial charge in [0.1, 0.15) is 12.6 Å². The van der Waals surface area contributed by atoms with Crippen molar-refractivity contribution in [3.05, 3.63) is 70.7 Å². The van der Waals surface area contributed by atoms with E-state index in [1.807, 2.05) is 18.2 Å². The molecular formula is C26H33ClN4O3. The Morgan fingerprint density at radius 2 is 1.76 bits per heavy atom. The molecule has 0 radical (unpaired) electrons. The Hall–Kier alpha value is -2.45. The largest absolute Gasteiger partial charge is 0.370 e. The van der Waals surface area contributed by atoms with Gasteiger partial charge in [0.05, 0.1) is 12.6 Å². The zero-order chi connectivity index (χ0) is 23.8. The number of piperidine rings is 1. The molecule has 182 valence electrons. The summed E-state index contributed by atoms with van der Waals surface area (Å²) in [5, 5.41) is 6.27. The van der Waals surface area contributed by atoms with Gasteiger partial charge in [-0.3, -0.25) is 19.4 Å². The Morgan fingerprint density at radius 3 is 2.47 bits per heavy atom. The van der Waals surface area contributed by atoms with Crippen molar-refractivity contribution in [1.82, 2.24) is 20.4 Å². The number of carbonyl (C=O) groups is 2. The van der Waals surface area contributed by atoms with Gasteiger partial charge < -0.3 is 15.4 Å². The number of hydrogen-bond donors (Lipinski definition) is 2. The van der Waals surface area contributed by atoms with Crippen LogP contribution >= 0.6 is 11.6 Å². The quantitative estimate of drug-likeness (QED) is 0.535. The summed E-state index contributed by atoms with van der Waals surface area (Å²) in [5.74, 6) is -0.342. The van der Waals surface area contributed by atoms with E-state index in [1.54, 1.807) is 0 Å². The fraction of sp³-hybridized carbons (Fsp3) is 0.462. The second-order valence-corrected chi connectivity index (χ2v) is 9.28. The first-order valence-corrected chi connectivity index (χ1v) is 12.4. The third-order valence-corrected chi connectivity index (χ3v) is 6.73. The maximum absolute atomic E-state index is 12.1. The SMILES string of the molecule is O=C(COCCN1CCN(C(c2ccccc2)c2ccc(Cl)cc2)CC1)NC1CCCNC1=O. The minimum Gasteiger partial charge on any atom is -0.370 e. The first kappa shape index (κ1) is 24.7. The fourth-order valence-corrected chi connectivity index (χ4v) is 4.77. The molecular weight excluding hydrogens is 452 g/mol. The van der Waals surface area contributed by atoms with Crippen molar-refractivity contribution in [1.29, 1.82) is 0 Å². The molecule has 8 heteroatoms. The van der Waals surface area contributed by atoms with Crippen molar-refractivity contribution >= 4 is 23.4 Å². The number of nitrogens with one attached hydrogen (secondary N) is 2. The highest BCUT2D eigenvalue weighted by molar-refractivity contribution is 6.30. The van der Waals surface area contributed by atoms with Gasteiger partial charge in [-0.2, -0.15) is 0 Å². The first-order chi connectivity index (χ1) is 16.6. The van der Waals surface area contributed by atoms with Crippen molar-refractivity contribution < 1.29 is 14.3 Å². The van der Waals surface area contributed by atoms with Crippen molar-refractivity contribution in [3.63, 3.8) is 0 Å². The third-order valence-electron chi connectivity index (χ3n) is 6.48. The van der Waals surface area contributed by atoms with Gasteiger partial charge in [-0.25, -0.2) is 0 Å². The van der Waals surface area contributed by atoms with Gasteiger partial charge in [-0.05, 0) is 36.1 Å². The molecule has 0 bridgehead atoms. The average molecular weight is 485 g/mol. The molecule has 2 aromatic carbocycles. The van der Waals surface area contributed by atoms with E-state index in [9.17, 15) is 9.59 Å². The molecule has 34 heavy (non-hydrogen) atoms. The van der Waals surface area contributed by atoms with E-state index in [2.05, 4.69) is 56.8 Å². The first-order valence-electron chi connectivity index (χ1n) is 12.0. The van der Waals surface area contributed by atoms with Crippen LogP contribution in [-0.2, 0) is 14.3 Å². The smallest absolute Gasteiger partial charge is 0.246 e. The van der Waals surface area contributed by atoms with Crippen molar-refractivity contribution in [2.24, 2.45) is 0 Å². The highest BCUT2D eigenvalue weighted by Crippen LogP contribution is 2.30. The molecule has 2 saturated heterocycles. The van der Waals surface area contributed by atoms with Gasteiger partial charge in [-0.1, -0.05) is 54.1 Å². The summed E-state index contributed by atoms with van der Waals surface area (Å²) in [6.45, 7) is 5.70. The average Bonchev–Trinajstić information content (AvgIpc) is 2.86. The Morgan fingerprint density at radius 1 is 1.06 bits per heavy atom. The molecule has 2 unspecified atom stereocenters. The molecule has 2 atom stereocenters. The number of halogens is 1. The van der Waals surface area contributed by atoms with Crippen molar-refractivity contribution in [2.45, 2.75) is 24.9 Å². The van der Waals surface area contributed by atoms with Crippen LogP contribution in [0.4, 0.5) is 0 Å². The maximum atomic E-state index is 12.1. The second kappa shape index (κ2) is 12.3. The molecule has 0 aliphatic carbocycles. The van der Waals surface area contributed by atoms with E-state index in [1.165, 1.54) is 11.1 Å². The number of rotatable bonds is 9. The number of ether oxygens (including phenoxy) is 1. The van der Waals surface area contributed by atoms with Crippen LogP contribution in [0.3, 0.4) is 0 Å². The van der Waals surface area contributed by atoms with Crippen LogP contribution in [0.1, 0.15) is 30.0 Å². The normalized spacial score (nSPS) is 20.5. The van der Waals surface area contributed by atoms with E-state index < -0.39 is 6.04 Å². The number of hydrogen-bond acceptors (Lipinski definition) is 5. The summed E-state index contributed by atoms with van der Waals surface area (Å²) in [5.41, 5.74) is 2.52. The lowest BCUT2D eigenvalue weighted by molar-refractivity contribution is -0.132. The van der Waals surface area contributed by atoms with Crippen LogP contribution in [0, 0.1) is 0 Å². The summed E-state index contributed by atoms with van der Waals surface area (Å²) in [6, 6.07) is 18.5. The molecule has 2 aliphatic heterocycles. The number of piperazine rings is 1. The fourth-order valence-electron chi connectivity index (χ4n) is 4.64. The van der Waals surface area contributed by atoms with Crippen molar-refractivity contribution in [3.8, 4) is 0 Å². The monoisotopic (exact) mass is 484 g/mol. The number of amides is 2. The maximum Gasteiger partial charge on any atom is 0.246 e. The van der Waals surface area contributed by atoms with Gasteiger partial charge in [0.15, 0.2) is 0 Å². The molecule has 2 N–H and O–H groups in total. The molecule has 0 spiro atoms. The van der Waals surface area contributed by atoms with Gasteiger partial charge in [-0.15, -0.1) is 0 Å². The van der Waals surface area contributed by atoms with E-state index in [-0.39, 0.29) is 24.5 Å². The van der Waals surface area contributed by atoms with Crippen LogP contribution in [0.25, 0.3) is 0 Å². The van der Waals surface area contributed by atoms with E-state index in [0.717, 1.165) is 44.2 Å². The summed E-state index contributed by atoms with van der Waals surface area (Å²) >= 11 is 6.13. The highest BCUT2D eigenvalue weighted by atomic mass is 35.5. The van der Waals surface area contributed by atoms with Gasteiger partial charge >= 0.3 is 0 Å². The molecule has 7 nitrogen and oxygen atoms in total. The van der Waals surface area contributed by atoms with Crippen LogP contribution in [0.15, 0.2) is 54.6 Å². The second-order valence-electron chi connectivity index (χ2n) is 8.85. The molecule has 2 fully saturated rings. The topological polar surface area (TPSA) is 73.9 Å². The summed E-state index contributed by atoms with van der Waals surface area (Å²) in [6.07, 6.45) is 1.56. The molecule has 4 rings (SSSR count). The summed E-state index contributed by atoms with van der Waals surface area (Å²) in [7, 11) is 0. The lowest BCUT2D eigenvalue weighted by atomic mass is 9.96. The van der Waals surface area contributed by atoms with Crippen molar-refractivity contribution in [2.75, 3.05) is 52.5 Å². The van der Waals surface area contributed by atoms with E-state index in [0.29, 0.717) is 19.6 Å². The number of benzene rings is 2. The third kappa shape index (κ3) is 6.79. The Kier molecular flexibility index (Phi) is 8.93. The van der Waals surface area contributed by atoms with Crippen LogP contribution in [0.5, 0.6) is 0 Å².